The van der Waals surface area contributed by atoms with E-state index in [1.807, 2.05) is 6.92 Å². The van der Waals surface area contributed by atoms with E-state index in [1.165, 1.54) is 0 Å². The van der Waals surface area contributed by atoms with Gasteiger partial charge in [-0.25, -0.2) is 4.39 Å². The summed E-state index contributed by atoms with van der Waals surface area (Å²) in [5.74, 6) is -0.164. The van der Waals surface area contributed by atoms with Gasteiger partial charge in [0.05, 0.1) is 6.04 Å². The predicted molar refractivity (Wildman–Crippen MR) is 75.3 cm³/mol. The van der Waals surface area contributed by atoms with E-state index in [0.717, 1.165) is 17.7 Å². The summed E-state index contributed by atoms with van der Waals surface area (Å²) in [7, 11) is 4.10. The number of likely N-dealkylation sites (N-methyl/N-ethyl adjacent to an activating group) is 2. The molecule has 0 fully saturated rings. The first kappa shape index (κ1) is 15.1. The van der Waals surface area contributed by atoms with Gasteiger partial charge in [-0.05, 0) is 64.7 Å². The Morgan fingerprint density at radius 1 is 1.28 bits per heavy atom. The number of hydrogen-bond donors (Lipinski definition) is 1. The summed E-state index contributed by atoms with van der Waals surface area (Å²) in [6.07, 6.45) is 0. The summed E-state index contributed by atoms with van der Waals surface area (Å²) in [4.78, 5) is 2.17. The maximum Gasteiger partial charge on any atom is 0.123 e. The fourth-order valence-corrected chi connectivity index (χ4v) is 2.17. The molecule has 0 radical (unpaired) electrons. The molecule has 0 aliphatic carbocycles. The van der Waals surface area contributed by atoms with Crippen molar-refractivity contribution in [2.75, 3.05) is 20.6 Å². The zero-order valence-corrected chi connectivity index (χ0v) is 12.3. The van der Waals surface area contributed by atoms with Crippen molar-refractivity contribution in [3.05, 3.63) is 35.1 Å². The average Bonchev–Trinajstić information content (AvgIpc) is 2.23. The molecule has 1 aromatic carbocycles. The first-order valence-electron chi connectivity index (χ1n) is 6.47. The molecule has 0 saturated heterocycles. The van der Waals surface area contributed by atoms with E-state index in [4.69, 9.17) is 0 Å². The van der Waals surface area contributed by atoms with Gasteiger partial charge >= 0.3 is 0 Å². The fourth-order valence-electron chi connectivity index (χ4n) is 2.17. The number of nitrogens with one attached hydrogen (secondary N) is 1. The molecule has 0 aliphatic heterocycles. The van der Waals surface area contributed by atoms with E-state index >= 15 is 0 Å². The van der Waals surface area contributed by atoms with Crippen LogP contribution in [0.25, 0.3) is 0 Å². The molecule has 0 bridgehead atoms. The minimum absolute atomic E-state index is 0.0871. The third-order valence-electron chi connectivity index (χ3n) is 3.67. The Hall–Kier alpha value is -0.930. The summed E-state index contributed by atoms with van der Waals surface area (Å²) in [5, 5.41) is 3.47. The molecule has 1 aromatic rings. The number of halogens is 1. The molecule has 0 saturated carbocycles. The normalized spacial score (nSPS) is 14.0. The average molecular weight is 252 g/mol. The highest BCUT2D eigenvalue weighted by molar-refractivity contribution is 5.28. The summed E-state index contributed by atoms with van der Waals surface area (Å²) in [6, 6.07) is 5.36. The zero-order valence-electron chi connectivity index (χ0n) is 12.3. The van der Waals surface area contributed by atoms with Crippen molar-refractivity contribution in [2.45, 2.75) is 39.3 Å². The van der Waals surface area contributed by atoms with Gasteiger partial charge in [-0.2, -0.15) is 0 Å². The van der Waals surface area contributed by atoms with Crippen LogP contribution in [0.2, 0.25) is 0 Å². The highest BCUT2D eigenvalue weighted by atomic mass is 19.1. The van der Waals surface area contributed by atoms with Gasteiger partial charge in [-0.3, -0.25) is 0 Å². The molecule has 0 spiro atoms. The quantitative estimate of drug-likeness (QED) is 0.866. The molecule has 0 aliphatic rings. The van der Waals surface area contributed by atoms with Gasteiger partial charge < -0.3 is 10.2 Å². The van der Waals surface area contributed by atoms with Gasteiger partial charge in [0, 0.05) is 5.54 Å². The Kier molecular flexibility index (Phi) is 4.88. The van der Waals surface area contributed by atoms with Gasteiger partial charge in [-0.1, -0.05) is 13.0 Å². The van der Waals surface area contributed by atoms with Crippen LogP contribution in [0.5, 0.6) is 0 Å². The Bertz CT molecular complexity index is 379. The molecule has 2 nitrogen and oxygen atoms in total. The number of nitrogens with zero attached hydrogens (tertiary/aromatic N) is 1. The van der Waals surface area contributed by atoms with Gasteiger partial charge in [0.2, 0.25) is 0 Å². The van der Waals surface area contributed by atoms with Gasteiger partial charge in [-0.15, -0.1) is 0 Å². The Balaban J connectivity index is 3.19. The molecule has 0 heterocycles. The standard InChI is InChI=1S/C15H25FN2/c1-7-17-14(15(3,4)18(5)6)12-8-11(2)9-13(16)10-12/h8-10,14,17H,7H2,1-6H3. The van der Waals surface area contributed by atoms with E-state index in [1.54, 1.807) is 12.1 Å². The molecule has 1 atom stereocenters. The van der Waals surface area contributed by atoms with Crippen LogP contribution < -0.4 is 5.32 Å². The van der Waals surface area contributed by atoms with Crippen LogP contribution in [0.4, 0.5) is 4.39 Å². The lowest BCUT2D eigenvalue weighted by Gasteiger charge is -2.41. The van der Waals surface area contributed by atoms with Crippen LogP contribution in [0.15, 0.2) is 18.2 Å². The topological polar surface area (TPSA) is 15.3 Å². The third-order valence-corrected chi connectivity index (χ3v) is 3.67. The van der Waals surface area contributed by atoms with Crippen LogP contribution in [0, 0.1) is 12.7 Å². The van der Waals surface area contributed by atoms with Crippen molar-refractivity contribution in [2.24, 2.45) is 0 Å². The molecule has 0 amide bonds. The molecule has 102 valence electrons. The Morgan fingerprint density at radius 2 is 1.89 bits per heavy atom. The highest BCUT2D eigenvalue weighted by Gasteiger charge is 2.32. The number of rotatable bonds is 5. The highest BCUT2D eigenvalue weighted by Crippen LogP contribution is 2.30. The number of benzene rings is 1. The smallest absolute Gasteiger partial charge is 0.123 e. The second kappa shape index (κ2) is 5.81. The summed E-state index contributed by atoms with van der Waals surface area (Å²) in [6.45, 7) is 9.20. The van der Waals surface area contributed by atoms with Crippen LogP contribution in [-0.2, 0) is 0 Å². The van der Waals surface area contributed by atoms with E-state index in [-0.39, 0.29) is 17.4 Å². The van der Waals surface area contributed by atoms with Crippen molar-refractivity contribution < 1.29 is 4.39 Å². The lowest BCUT2D eigenvalue weighted by Crippen LogP contribution is -2.49. The summed E-state index contributed by atoms with van der Waals surface area (Å²) >= 11 is 0. The lowest BCUT2D eigenvalue weighted by molar-refractivity contribution is 0.139. The second-order valence-electron chi connectivity index (χ2n) is 5.60. The van der Waals surface area contributed by atoms with Crippen molar-refractivity contribution in [1.82, 2.24) is 10.2 Å². The Morgan fingerprint density at radius 3 is 2.33 bits per heavy atom. The monoisotopic (exact) mass is 252 g/mol. The van der Waals surface area contributed by atoms with Crippen molar-refractivity contribution in [1.29, 1.82) is 0 Å². The maximum absolute atomic E-state index is 13.6. The van der Waals surface area contributed by atoms with E-state index in [9.17, 15) is 4.39 Å². The maximum atomic E-state index is 13.6. The number of hydrogen-bond acceptors (Lipinski definition) is 2. The molecule has 1 rings (SSSR count). The minimum atomic E-state index is -0.164. The first-order valence-corrected chi connectivity index (χ1v) is 6.47. The third kappa shape index (κ3) is 3.30. The van der Waals surface area contributed by atoms with Crippen LogP contribution >= 0.6 is 0 Å². The molecule has 18 heavy (non-hydrogen) atoms. The fraction of sp³-hybridized carbons (Fsp3) is 0.600. The summed E-state index contributed by atoms with van der Waals surface area (Å²) in [5.41, 5.74) is 1.88. The van der Waals surface area contributed by atoms with Gasteiger partial charge in [0.25, 0.3) is 0 Å². The SMILES string of the molecule is CCNC(c1cc(C)cc(F)c1)C(C)(C)N(C)C. The van der Waals surface area contributed by atoms with Gasteiger partial charge in [0.15, 0.2) is 0 Å². The first-order chi connectivity index (χ1) is 8.28. The zero-order chi connectivity index (χ0) is 13.9. The molecule has 0 aromatic heterocycles. The molecule has 3 heteroatoms. The minimum Gasteiger partial charge on any atom is -0.309 e. The van der Waals surface area contributed by atoms with Crippen molar-refractivity contribution >= 4 is 0 Å². The van der Waals surface area contributed by atoms with Crippen LogP contribution in [0.1, 0.15) is 37.9 Å². The largest absolute Gasteiger partial charge is 0.309 e. The van der Waals surface area contributed by atoms with E-state index in [0.29, 0.717) is 0 Å². The van der Waals surface area contributed by atoms with Gasteiger partial charge in [0.1, 0.15) is 5.82 Å². The second-order valence-corrected chi connectivity index (χ2v) is 5.60. The molecule has 1 unspecified atom stereocenters. The lowest BCUT2D eigenvalue weighted by atomic mass is 9.86. The predicted octanol–water partition coefficient (Wildman–Crippen LogP) is 3.12. The van der Waals surface area contributed by atoms with E-state index in [2.05, 4.69) is 51.1 Å². The van der Waals surface area contributed by atoms with Crippen LogP contribution in [-0.4, -0.2) is 31.1 Å². The van der Waals surface area contributed by atoms with E-state index < -0.39 is 0 Å². The number of aryl methyl sites for hydroxylation is 1. The van der Waals surface area contributed by atoms with Crippen molar-refractivity contribution in [3.63, 3.8) is 0 Å². The Labute approximate surface area is 110 Å². The molecular formula is C15H25FN2. The molecule has 1 N–H and O–H groups in total. The summed E-state index contributed by atoms with van der Waals surface area (Å²) < 4.78 is 13.6. The molecular weight excluding hydrogens is 227 g/mol. The van der Waals surface area contributed by atoms with Crippen LogP contribution in [0.3, 0.4) is 0 Å². The van der Waals surface area contributed by atoms with Crippen molar-refractivity contribution in [3.8, 4) is 0 Å².